The summed E-state index contributed by atoms with van der Waals surface area (Å²) in [6.45, 7) is 4.75. The molecule has 0 unspecified atom stereocenters. The molecule has 2 rings (SSSR count). The number of anilines is 2. The van der Waals surface area contributed by atoms with Gasteiger partial charge in [0, 0.05) is 24.3 Å². The molecule has 0 heterocycles. The average molecular weight is 282 g/mol. The molecule has 0 saturated carbocycles. The van der Waals surface area contributed by atoms with Crippen molar-refractivity contribution in [3.05, 3.63) is 59.7 Å². The fourth-order valence-corrected chi connectivity index (χ4v) is 2.19. The van der Waals surface area contributed by atoms with E-state index in [-0.39, 0.29) is 5.91 Å². The molecule has 2 aromatic carbocycles. The van der Waals surface area contributed by atoms with Crippen LogP contribution in [-0.4, -0.2) is 12.5 Å². The molecule has 1 amide bonds. The van der Waals surface area contributed by atoms with E-state index in [0.717, 1.165) is 29.9 Å². The monoisotopic (exact) mass is 282 g/mol. The number of hydrogen-bond donors (Lipinski definition) is 2. The van der Waals surface area contributed by atoms with Crippen molar-refractivity contribution < 1.29 is 4.79 Å². The molecule has 2 N–H and O–H groups in total. The summed E-state index contributed by atoms with van der Waals surface area (Å²) in [6, 6.07) is 16.3. The number of benzene rings is 2. The maximum atomic E-state index is 11.5. The minimum atomic E-state index is 0.0412. The Morgan fingerprint density at radius 1 is 1.00 bits per heavy atom. The van der Waals surface area contributed by atoms with Crippen molar-refractivity contribution in [2.75, 3.05) is 17.2 Å². The molecule has 3 nitrogen and oxygen atoms in total. The lowest BCUT2D eigenvalue weighted by Gasteiger charge is -2.14. The van der Waals surface area contributed by atoms with Crippen molar-refractivity contribution >= 4 is 17.3 Å². The molecule has 0 aliphatic heterocycles. The Bertz CT molecular complexity index is 593. The van der Waals surface area contributed by atoms with Crippen LogP contribution >= 0.6 is 0 Å². The Morgan fingerprint density at radius 3 is 2.43 bits per heavy atom. The second-order valence-corrected chi connectivity index (χ2v) is 5.04. The third-order valence-electron chi connectivity index (χ3n) is 3.50. The Balaban J connectivity index is 1.97. The molecule has 0 aromatic heterocycles. The van der Waals surface area contributed by atoms with Crippen LogP contribution in [0.5, 0.6) is 0 Å². The van der Waals surface area contributed by atoms with Crippen LogP contribution in [0, 0.1) is 6.92 Å². The Kier molecular flexibility index (Phi) is 5.38. The van der Waals surface area contributed by atoms with Gasteiger partial charge in [-0.2, -0.15) is 0 Å². The molecule has 0 bridgehead atoms. The fraction of sp³-hybridized carbons (Fsp3) is 0.278. The van der Waals surface area contributed by atoms with Crippen LogP contribution < -0.4 is 10.6 Å². The molecule has 2 aromatic rings. The molecule has 0 atom stereocenters. The van der Waals surface area contributed by atoms with Gasteiger partial charge in [0.1, 0.15) is 0 Å². The zero-order valence-electron chi connectivity index (χ0n) is 12.6. The number of carbonyl (C=O) groups is 1. The van der Waals surface area contributed by atoms with Gasteiger partial charge >= 0.3 is 0 Å². The van der Waals surface area contributed by atoms with Gasteiger partial charge in [-0.15, -0.1) is 0 Å². The van der Waals surface area contributed by atoms with Crippen LogP contribution in [0.25, 0.3) is 0 Å². The summed E-state index contributed by atoms with van der Waals surface area (Å²) in [7, 11) is 0. The van der Waals surface area contributed by atoms with Crippen molar-refractivity contribution in [1.29, 1.82) is 0 Å². The van der Waals surface area contributed by atoms with Crippen LogP contribution in [0.3, 0.4) is 0 Å². The van der Waals surface area contributed by atoms with E-state index < -0.39 is 0 Å². The molecule has 0 aliphatic carbocycles. The number of amides is 1. The van der Waals surface area contributed by atoms with Crippen molar-refractivity contribution in [3.8, 4) is 0 Å². The third kappa shape index (κ3) is 4.35. The zero-order valence-corrected chi connectivity index (χ0v) is 12.6. The largest absolute Gasteiger partial charge is 0.384 e. The van der Waals surface area contributed by atoms with Crippen LogP contribution in [-0.2, 0) is 11.2 Å². The normalized spacial score (nSPS) is 10.2. The molecule has 21 heavy (non-hydrogen) atoms. The van der Waals surface area contributed by atoms with Gasteiger partial charge in [-0.25, -0.2) is 0 Å². The van der Waals surface area contributed by atoms with Gasteiger partial charge < -0.3 is 10.6 Å². The molecule has 0 spiro atoms. The summed E-state index contributed by atoms with van der Waals surface area (Å²) in [4.78, 5) is 11.5. The summed E-state index contributed by atoms with van der Waals surface area (Å²) in [5, 5.41) is 6.37. The van der Waals surface area contributed by atoms with Crippen molar-refractivity contribution in [1.82, 2.24) is 0 Å². The van der Waals surface area contributed by atoms with E-state index >= 15 is 0 Å². The van der Waals surface area contributed by atoms with Gasteiger partial charge in [-0.3, -0.25) is 4.79 Å². The molecule has 0 fully saturated rings. The highest BCUT2D eigenvalue weighted by Gasteiger charge is 2.06. The molecule has 0 radical (unpaired) electrons. The highest BCUT2D eigenvalue weighted by molar-refractivity contribution is 5.92. The predicted octanol–water partition coefficient (Wildman–Crippen LogP) is 4.00. The lowest BCUT2D eigenvalue weighted by Crippen LogP contribution is -2.12. The summed E-state index contributed by atoms with van der Waals surface area (Å²) in [5.74, 6) is 0.0412. The Hall–Kier alpha value is -2.29. The van der Waals surface area contributed by atoms with E-state index in [1.165, 1.54) is 5.56 Å². The second kappa shape index (κ2) is 7.48. The highest BCUT2D eigenvalue weighted by Crippen LogP contribution is 2.23. The minimum Gasteiger partial charge on any atom is -0.384 e. The van der Waals surface area contributed by atoms with E-state index in [9.17, 15) is 4.79 Å². The van der Waals surface area contributed by atoms with Gasteiger partial charge in [0.2, 0.25) is 5.91 Å². The molecule has 110 valence electrons. The number of carbonyl (C=O) groups excluding carboxylic acids is 1. The minimum absolute atomic E-state index is 0.0412. The Labute approximate surface area is 126 Å². The van der Waals surface area contributed by atoms with Crippen LogP contribution in [0.4, 0.5) is 11.4 Å². The van der Waals surface area contributed by atoms with E-state index in [1.54, 1.807) is 0 Å². The Morgan fingerprint density at radius 2 is 1.71 bits per heavy atom. The number of nitrogens with one attached hydrogen (secondary N) is 2. The molecule has 3 heteroatoms. The van der Waals surface area contributed by atoms with E-state index in [0.29, 0.717) is 6.42 Å². The summed E-state index contributed by atoms with van der Waals surface area (Å²) in [5.41, 5.74) is 4.34. The third-order valence-corrected chi connectivity index (χ3v) is 3.50. The van der Waals surface area contributed by atoms with Crippen LogP contribution in [0.1, 0.15) is 24.5 Å². The maximum absolute atomic E-state index is 11.5. The smallest absolute Gasteiger partial charge is 0.224 e. The lowest BCUT2D eigenvalue weighted by atomic mass is 10.1. The van der Waals surface area contributed by atoms with Gasteiger partial charge in [0.25, 0.3) is 0 Å². The number of hydrogen-bond acceptors (Lipinski definition) is 2. The standard InChI is InChI=1S/C18H22N2O/c1-3-18(21)20-17-11-7-10-16(14(17)2)19-13-12-15-8-5-4-6-9-15/h4-11,19H,3,12-13H2,1-2H3,(H,20,21). The zero-order chi connectivity index (χ0) is 15.1. The molecule has 0 saturated heterocycles. The van der Waals surface area contributed by atoms with Crippen LogP contribution in [0.2, 0.25) is 0 Å². The van der Waals surface area contributed by atoms with Crippen LogP contribution in [0.15, 0.2) is 48.5 Å². The van der Waals surface area contributed by atoms with E-state index in [4.69, 9.17) is 0 Å². The summed E-state index contributed by atoms with van der Waals surface area (Å²) in [6.07, 6.45) is 1.47. The maximum Gasteiger partial charge on any atom is 0.224 e. The molecule has 0 aliphatic rings. The van der Waals surface area contributed by atoms with E-state index in [1.807, 2.05) is 38.1 Å². The quantitative estimate of drug-likeness (QED) is 0.841. The second-order valence-electron chi connectivity index (χ2n) is 5.04. The summed E-state index contributed by atoms with van der Waals surface area (Å²) < 4.78 is 0. The van der Waals surface area contributed by atoms with Gasteiger partial charge in [-0.1, -0.05) is 43.3 Å². The highest BCUT2D eigenvalue weighted by atomic mass is 16.1. The molecular formula is C18H22N2O. The average Bonchev–Trinajstić information content (AvgIpc) is 2.52. The van der Waals surface area contributed by atoms with Crippen molar-refractivity contribution in [3.63, 3.8) is 0 Å². The van der Waals surface area contributed by atoms with Crippen molar-refractivity contribution in [2.24, 2.45) is 0 Å². The van der Waals surface area contributed by atoms with Gasteiger partial charge in [0.15, 0.2) is 0 Å². The predicted molar refractivity (Wildman–Crippen MR) is 88.7 cm³/mol. The number of rotatable bonds is 6. The first-order valence-electron chi connectivity index (χ1n) is 7.38. The SMILES string of the molecule is CCC(=O)Nc1cccc(NCCc2ccccc2)c1C. The fourth-order valence-electron chi connectivity index (χ4n) is 2.19. The van der Waals surface area contributed by atoms with Gasteiger partial charge in [-0.05, 0) is 36.6 Å². The topological polar surface area (TPSA) is 41.1 Å². The summed E-state index contributed by atoms with van der Waals surface area (Å²) >= 11 is 0. The van der Waals surface area contributed by atoms with Gasteiger partial charge in [0.05, 0.1) is 0 Å². The molecular weight excluding hydrogens is 260 g/mol. The van der Waals surface area contributed by atoms with Crippen molar-refractivity contribution in [2.45, 2.75) is 26.7 Å². The first-order chi connectivity index (χ1) is 10.2. The first kappa shape index (κ1) is 15.1. The van der Waals surface area contributed by atoms with E-state index in [2.05, 4.69) is 34.9 Å². The first-order valence-corrected chi connectivity index (χ1v) is 7.38. The lowest BCUT2D eigenvalue weighted by molar-refractivity contribution is -0.115.